The van der Waals surface area contributed by atoms with Crippen LogP contribution in [-0.2, 0) is 16.1 Å². The molecule has 2 rings (SSSR count). The molecule has 2 unspecified atom stereocenters. The Morgan fingerprint density at radius 3 is 2.72 bits per heavy atom. The molecule has 0 aromatic heterocycles. The van der Waals surface area contributed by atoms with Crippen LogP contribution in [0.3, 0.4) is 0 Å². The first-order valence-electron chi connectivity index (χ1n) is 6.55. The van der Waals surface area contributed by atoms with Gasteiger partial charge in [-0.3, -0.25) is 0 Å². The van der Waals surface area contributed by atoms with E-state index in [1.165, 1.54) is 0 Å². The van der Waals surface area contributed by atoms with Gasteiger partial charge in [0.1, 0.15) is 0 Å². The maximum absolute atomic E-state index is 9.69. The fourth-order valence-corrected chi connectivity index (χ4v) is 2.20. The normalized spacial score (nSPS) is 25.1. The van der Waals surface area contributed by atoms with E-state index in [4.69, 9.17) is 9.47 Å². The first-order valence-corrected chi connectivity index (χ1v) is 6.55. The van der Waals surface area contributed by atoms with Crippen molar-refractivity contribution < 1.29 is 14.6 Å². The van der Waals surface area contributed by atoms with Crippen molar-refractivity contribution in [3.05, 3.63) is 35.9 Å². The van der Waals surface area contributed by atoms with Gasteiger partial charge in [-0.05, 0) is 25.8 Å². The summed E-state index contributed by atoms with van der Waals surface area (Å²) in [6.45, 7) is 5.24. The Kier molecular flexibility index (Phi) is 4.38. The lowest BCUT2D eigenvalue weighted by molar-refractivity contribution is -0.164. The maximum Gasteiger partial charge on any atom is 0.0892 e. The molecular weight excluding hydrogens is 228 g/mol. The standard InChI is InChI=1S/C15H22O3/c1-15(2,14-10-13(16)8-9-17-14)18-11-12-6-4-3-5-7-12/h3-7,13-14,16H,8-11H2,1-2H3. The van der Waals surface area contributed by atoms with E-state index in [9.17, 15) is 5.11 Å². The van der Waals surface area contributed by atoms with Gasteiger partial charge in [0.15, 0.2) is 0 Å². The first-order chi connectivity index (χ1) is 8.58. The highest BCUT2D eigenvalue weighted by Crippen LogP contribution is 2.27. The van der Waals surface area contributed by atoms with Gasteiger partial charge in [-0.25, -0.2) is 0 Å². The monoisotopic (exact) mass is 250 g/mol. The molecule has 0 aliphatic carbocycles. The van der Waals surface area contributed by atoms with E-state index in [0.29, 0.717) is 19.6 Å². The van der Waals surface area contributed by atoms with Crippen molar-refractivity contribution >= 4 is 0 Å². The molecule has 0 radical (unpaired) electrons. The Morgan fingerprint density at radius 2 is 2.06 bits per heavy atom. The van der Waals surface area contributed by atoms with Gasteiger partial charge in [-0.2, -0.15) is 0 Å². The van der Waals surface area contributed by atoms with Crippen LogP contribution in [0.5, 0.6) is 0 Å². The van der Waals surface area contributed by atoms with Crippen molar-refractivity contribution in [3.63, 3.8) is 0 Å². The molecule has 18 heavy (non-hydrogen) atoms. The molecule has 1 aliphatic rings. The average Bonchev–Trinajstić information content (AvgIpc) is 2.38. The van der Waals surface area contributed by atoms with Gasteiger partial charge in [0.2, 0.25) is 0 Å². The van der Waals surface area contributed by atoms with E-state index < -0.39 is 0 Å². The molecule has 1 aliphatic heterocycles. The lowest BCUT2D eigenvalue weighted by Gasteiger charge is -2.38. The van der Waals surface area contributed by atoms with E-state index in [-0.39, 0.29) is 17.8 Å². The van der Waals surface area contributed by atoms with Crippen molar-refractivity contribution in [1.29, 1.82) is 0 Å². The number of rotatable bonds is 4. The molecule has 2 atom stereocenters. The zero-order valence-electron chi connectivity index (χ0n) is 11.1. The lowest BCUT2D eigenvalue weighted by Crippen LogP contribution is -2.45. The van der Waals surface area contributed by atoms with E-state index in [1.807, 2.05) is 44.2 Å². The van der Waals surface area contributed by atoms with Crippen LogP contribution in [0.4, 0.5) is 0 Å². The van der Waals surface area contributed by atoms with Crippen LogP contribution in [0.1, 0.15) is 32.3 Å². The van der Waals surface area contributed by atoms with Crippen LogP contribution in [-0.4, -0.2) is 29.5 Å². The number of aliphatic hydroxyl groups is 1. The van der Waals surface area contributed by atoms with E-state index in [0.717, 1.165) is 12.0 Å². The highest BCUT2D eigenvalue weighted by atomic mass is 16.6. The third kappa shape index (κ3) is 3.55. The second-order valence-electron chi connectivity index (χ2n) is 5.42. The number of aliphatic hydroxyl groups excluding tert-OH is 1. The minimum Gasteiger partial charge on any atom is -0.393 e. The summed E-state index contributed by atoms with van der Waals surface area (Å²) in [6, 6.07) is 10.1. The van der Waals surface area contributed by atoms with E-state index in [1.54, 1.807) is 0 Å². The molecule has 3 heteroatoms. The van der Waals surface area contributed by atoms with Crippen molar-refractivity contribution in [1.82, 2.24) is 0 Å². The van der Waals surface area contributed by atoms with Crippen molar-refractivity contribution in [3.8, 4) is 0 Å². The second kappa shape index (κ2) is 5.83. The van der Waals surface area contributed by atoms with Crippen molar-refractivity contribution in [2.24, 2.45) is 0 Å². The Hall–Kier alpha value is -0.900. The third-order valence-corrected chi connectivity index (χ3v) is 3.49. The molecule has 1 aromatic carbocycles. The zero-order valence-corrected chi connectivity index (χ0v) is 11.1. The molecule has 100 valence electrons. The summed E-state index contributed by atoms with van der Waals surface area (Å²) in [6.07, 6.45) is 1.08. The van der Waals surface area contributed by atoms with Gasteiger partial charge in [0, 0.05) is 13.0 Å². The topological polar surface area (TPSA) is 38.7 Å². The number of hydrogen-bond acceptors (Lipinski definition) is 3. The van der Waals surface area contributed by atoms with Crippen LogP contribution in [0.25, 0.3) is 0 Å². The quantitative estimate of drug-likeness (QED) is 0.892. The largest absolute Gasteiger partial charge is 0.393 e. The van der Waals surface area contributed by atoms with Gasteiger partial charge in [-0.1, -0.05) is 30.3 Å². The summed E-state index contributed by atoms with van der Waals surface area (Å²) in [4.78, 5) is 0. The van der Waals surface area contributed by atoms with Crippen LogP contribution >= 0.6 is 0 Å². The number of ether oxygens (including phenoxy) is 2. The molecule has 1 aromatic rings. The van der Waals surface area contributed by atoms with Gasteiger partial charge in [-0.15, -0.1) is 0 Å². The zero-order chi connectivity index (χ0) is 13.0. The lowest BCUT2D eigenvalue weighted by atomic mass is 9.93. The Bertz CT molecular complexity index is 361. The molecule has 0 bridgehead atoms. The molecule has 1 heterocycles. The van der Waals surface area contributed by atoms with E-state index in [2.05, 4.69) is 0 Å². The minimum atomic E-state index is -0.378. The van der Waals surface area contributed by atoms with Crippen molar-refractivity contribution in [2.75, 3.05) is 6.61 Å². The Balaban J connectivity index is 1.90. The van der Waals surface area contributed by atoms with Gasteiger partial charge in [0.25, 0.3) is 0 Å². The fourth-order valence-electron chi connectivity index (χ4n) is 2.20. The molecule has 0 spiro atoms. The highest BCUT2D eigenvalue weighted by molar-refractivity contribution is 5.13. The highest BCUT2D eigenvalue weighted by Gasteiger charge is 2.35. The first kappa shape index (κ1) is 13.5. The number of hydrogen-bond donors (Lipinski definition) is 1. The predicted octanol–water partition coefficient (Wildman–Crippen LogP) is 2.52. The van der Waals surface area contributed by atoms with E-state index >= 15 is 0 Å². The van der Waals surface area contributed by atoms with Crippen LogP contribution in [0.15, 0.2) is 30.3 Å². The molecule has 1 N–H and O–H groups in total. The smallest absolute Gasteiger partial charge is 0.0892 e. The van der Waals surface area contributed by atoms with Crippen LogP contribution < -0.4 is 0 Å². The number of benzene rings is 1. The predicted molar refractivity (Wildman–Crippen MR) is 70.3 cm³/mol. The molecule has 1 fully saturated rings. The Labute approximate surface area is 109 Å². The molecule has 0 amide bonds. The summed E-state index contributed by atoms with van der Waals surface area (Å²) in [5, 5.41) is 9.69. The summed E-state index contributed by atoms with van der Waals surface area (Å²) in [5.74, 6) is 0. The summed E-state index contributed by atoms with van der Waals surface area (Å²) >= 11 is 0. The fraction of sp³-hybridized carbons (Fsp3) is 0.600. The minimum absolute atomic E-state index is 0.0371. The third-order valence-electron chi connectivity index (χ3n) is 3.49. The van der Waals surface area contributed by atoms with Gasteiger partial charge >= 0.3 is 0 Å². The van der Waals surface area contributed by atoms with Crippen molar-refractivity contribution in [2.45, 2.75) is 51.1 Å². The molecule has 3 nitrogen and oxygen atoms in total. The molecule has 1 saturated heterocycles. The van der Waals surface area contributed by atoms with Gasteiger partial charge in [0.05, 0.1) is 24.4 Å². The SMILES string of the molecule is CC(C)(OCc1ccccc1)C1CC(O)CCO1. The van der Waals surface area contributed by atoms with Crippen LogP contribution in [0, 0.1) is 0 Å². The summed E-state index contributed by atoms with van der Waals surface area (Å²) in [7, 11) is 0. The second-order valence-corrected chi connectivity index (χ2v) is 5.42. The average molecular weight is 250 g/mol. The molecular formula is C15H22O3. The molecule has 0 saturated carbocycles. The summed E-state index contributed by atoms with van der Waals surface area (Å²) < 4.78 is 11.7. The maximum atomic E-state index is 9.69. The summed E-state index contributed by atoms with van der Waals surface area (Å²) in [5.41, 5.74) is 0.777. The van der Waals surface area contributed by atoms with Gasteiger partial charge < -0.3 is 14.6 Å². The van der Waals surface area contributed by atoms with Crippen LogP contribution in [0.2, 0.25) is 0 Å². The Morgan fingerprint density at radius 1 is 1.33 bits per heavy atom.